The number of ether oxygens (including phenoxy) is 1. The van der Waals surface area contributed by atoms with Crippen molar-refractivity contribution in [2.24, 2.45) is 5.92 Å². The molecule has 0 bridgehead atoms. The van der Waals surface area contributed by atoms with E-state index in [0.29, 0.717) is 12.5 Å². The maximum atomic E-state index is 9.23. The van der Waals surface area contributed by atoms with Crippen LogP contribution in [-0.4, -0.2) is 24.4 Å². The van der Waals surface area contributed by atoms with Crippen LogP contribution >= 0.6 is 0 Å². The fourth-order valence-electron chi connectivity index (χ4n) is 1.07. The summed E-state index contributed by atoms with van der Waals surface area (Å²) in [5.41, 5.74) is 0. The van der Waals surface area contributed by atoms with E-state index < -0.39 is 0 Å². The molecule has 1 heterocycles. The molecule has 0 spiro atoms. The average Bonchev–Trinajstić information content (AvgIpc) is 1.99. The van der Waals surface area contributed by atoms with Crippen LogP contribution < -0.4 is 0 Å². The van der Waals surface area contributed by atoms with Crippen molar-refractivity contribution in [1.29, 1.82) is 0 Å². The van der Waals surface area contributed by atoms with Crippen LogP contribution in [0.15, 0.2) is 0 Å². The predicted octanol–water partition coefficient (Wildman–Crippen LogP) is 0.794. The maximum absolute atomic E-state index is 9.23. The molecule has 54 valence electrons. The Labute approximate surface area is 55.8 Å². The molecule has 1 rings (SSSR count). The highest BCUT2D eigenvalue weighted by atomic mass is 16.5. The molecule has 9 heavy (non-hydrogen) atoms. The van der Waals surface area contributed by atoms with Crippen LogP contribution in [0.25, 0.3) is 0 Å². The zero-order valence-electron chi connectivity index (χ0n) is 5.84. The van der Waals surface area contributed by atoms with Gasteiger partial charge in [0.25, 0.3) is 0 Å². The predicted molar refractivity (Wildman–Crippen MR) is 35.2 cm³/mol. The van der Waals surface area contributed by atoms with Gasteiger partial charge in [-0.05, 0) is 18.8 Å². The Morgan fingerprint density at radius 1 is 1.56 bits per heavy atom. The van der Waals surface area contributed by atoms with Crippen molar-refractivity contribution in [3.05, 3.63) is 0 Å². The minimum absolute atomic E-state index is 0.229. The summed E-state index contributed by atoms with van der Waals surface area (Å²) in [5, 5.41) is 9.23. The van der Waals surface area contributed by atoms with Gasteiger partial charge in [-0.25, -0.2) is 0 Å². The zero-order valence-corrected chi connectivity index (χ0v) is 5.84. The van der Waals surface area contributed by atoms with E-state index in [4.69, 9.17) is 4.74 Å². The van der Waals surface area contributed by atoms with E-state index in [-0.39, 0.29) is 6.10 Å². The SMILES string of the molecule is CC1CCCOCC1O. The second-order valence-electron chi connectivity index (χ2n) is 2.76. The summed E-state index contributed by atoms with van der Waals surface area (Å²) in [4.78, 5) is 0. The maximum Gasteiger partial charge on any atom is 0.0799 e. The third kappa shape index (κ3) is 1.95. The molecule has 1 saturated heterocycles. The summed E-state index contributed by atoms with van der Waals surface area (Å²) < 4.78 is 5.13. The van der Waals surface area contributed by atoms with Crippen molar-refractivity contribution in [3.8, 4) is 0 Å². The Balaban J connectivity index is 2.32. The number of hydrogen-bond acceptors (Lipinski definition) is 2. The highest BCUT2D eigenvalue weighted by molar-refractivity contribution is 4.66. The van der Waals surface area contributed by atoms with Crippen molar-refractivity contribution in [1.82, 2.24) is 0 Å². The largest absolute Gasteiger partial charge is 0.390 e. The first-order chi connectivity index (χ1) is 4.30. The molecule has 0 aromatic rings. The Hall–Kier alpha value is -0.0800. The topological polar surface area (TPSA) is 29.5 Å². The lowest BCUT2D eigenvalue weighted by atomic mass is 10.0. The summed E-state index contributed by atoms with van der Waals surface area (Å²) >= 11 is 0. The molecule has 0 saturated carbocycles. The second-order valence-corrected chi connectivity index (χ2v) is 2.76. The van der Waals surface area contributed by atoms with Gasteiger partial charge in [-0.15, -0.1) is 0 Å². The van der Waals surface area contributed by atoms with Gasteiger partial charge in [0.05, 0.1) is 12.7 Å². The molecule has 0 aromatic heterocycles. The first kappa shape index (κ1) is 7.03. The number of rotatable bonds is 0. The second kappa shape index (κ2) is 3.18. The van der Waals surface area contributed by atoms with E-state index in [0.717, 1.165) is 19.4 Å². The minimum Gasteiger partial charge on any atom is -0.390 e. The van der Waals surface area contributed by atoms with Crippen molar-refractivity contribution in [3.63, 3.8) is 0 Å². The van der Waals surface area contributed by atoms with Gasteiger partial charge in [-0.3, -0.25) is 0 Å². The quantitative estimate of drug-likeness (QED) is 0.525. The third-order valence-corrected chi connectivity index (χ3v) is 1.89. The van der Waals surface area contributed by atoms with Crippen molar-refractivity contribution < 1.29 is 9.84 Å². The molecule has 0 amide bonds. The van der Waals surface area contributed by atoms with Crippen LogP contribution in [0.4, 0.5) is 0 Å². The molecule has 2 heteroatoms. The Kier molecular flexibility index (Phi) is 2.49. The van der Waals surface area contributed by atoms with Crippen LogP contribution in [0, 0.1) is 5.92 Å². The molecular formula is C7H14O2. The van der Waals surface area contributed by atoms with Crippen LogP contribution in [-0.2, 0) is 4.74 Å². The summed E-state index contributed by atoms with van der Waals surface area (Å²) in [6.07, 6.45) is 1.96. The van der Waals surface area contributed by atoms with Gasteiger partial charge in [0.2, 0.25) is 0 Å². The summed E-state index contributed by atoms with van der Waals surface area (Å²) in [7, 11) is 0. The molecule has 1 aliphatic rings. The third-order valence-electron chi connectivity index (χ3n) is 1.89. The molecule has 1 fully saturated rings. The van der Waals surface area contributed by atoms with Crippen molar-refractivity contribution in [2.45, 2.75) is 25.9 Å². The molecule has 1 aliphatic heterocycles. The molecule has 2 atom stereocenters. The van der Waals surface area contributed by atoms with E-state index in [1.165, 1.54) is 0 Å². The van der Waals surface area contributed by atoms with Gasteiger partial charge in [-0.2, -0.15) is 0 Å². The summed E-state index contributed by atoms with van der Waals surface area (Å²) in [5.74, 6) is 0.424. The standard InChI is InChI=1S/C7H14O2/c1-6-3-2-4-9-5-7(6)8/h6-8H,2-5H2,1H3. The lowest BCUT2D eigenvalue weighted by molar-refractivity contribution is 0.0311. The molecule has 2 unspecified atom stereocenters. The number of hydrogen-bond donors (Lipinski definition) is 1. The van der Waals surface area contributed by atoms with Crippen LogP contribution in [0.5, 0.6) is 0 Å². The van der Waals surface area contributed by atoms with Gasteiger partial charge in [-0.1, -0.05) is 6.92 Å². The number of aliphatic hydroxyl groups is 1. The van der Waals surface area contributed by atoms with E-state index in [1.807, 2.05) is 0 Å². The summed E-state index contributed by atoms with van der Waals surface area (Å²) in [6.45, 7) is 3.42. The molecule has 1 N–H and O–H groups in total. The molecule has 2 nitrogen and oxygen atoms in total. The minimum atomic E-state index is -0.229. The molecule has 0 aliphatic carbocycles. The number of aliphatic hydroxyl groups excluding tert-OH is 1. The van der Waals surface area contributed by atoms with Gasteiger partial charge in [0.1, 0.15) is 0 Å². The van der Waals surface area contributed by atoms with Crippen molar-refractivity contribution in [2.75, 3.05) is 13.2 Å². The Morgan fingerprint density at radius 3 is 3.11 bits per heavy atom. The first-order valence-electron chi connectivity index (χ1n) is 3.56. The fourth-order valence-corrected chi connectivity index (χ4v) is 1.07. The molecule has 0 radical (unpaired) electrons. The van der Waals surface area contributed by atoms with Gasteiger partial charge >= 0.3 is 0 Å². The van der Waals surface area contributed by atoms with E-state index in [1.54, 1.807) is 0 Å². The lowest BCUT2D eigenvalue weighted by Gasteiger charge is -2.12. The highest BCUT2D eigenvalue weighted by Crippen LogP contribution is 2.14. The average molecular weight is 130 g/mol. The summed E-state index contributed by atoms with van der Waals surface area (Å²) in [6, 6.07) is 0. The molecule has 0 aromatic carbocycles. The van der Waals surface area contributed by atoms with Gasteiger partial charge < -0.3 is 9.84 Å². The van der Waals surface area contributed by atoms with Crippen molar-refractivity contribution >= 4 is 0 Å². The Bertz CT molecular complexity index is 73.0. The fraction of sp³-hybridized carbons (Fsp3) is 1.00. The molecular weight excluding hydrogens is 116 g/mol. The Morgan fingerprint density at radius 2 is 2.33 bits per heavy atom. The van der Waals surface area contributed by atoms with E-state index in [9.17, 15) is 5.11 Å². The van der Waals surface area contributed by atoms with Crippen LogP contribution in [0.3, 0.4) is 0 Å². The first-order valence-corrected chi connectivity index (χ1v) is 3.56. The normalized spacial score (nSPS) is 38.0. The van der Waals surface area contributed by atoms with E-state index >= 15 is 0 Å². The van der Waals surface area contributed by atoms with Crippen LogP contribution in [0.2, 0.25) is 0 Å². The van der Waals surface area contributed by atoms with Gasteiger partial charge in [0, 0.05) is 6.61 Å². The smallest absolute Gasteiger partial charge is 0.0799 e. The lowest BCUT2D eigenvalue weighted by Crippen LogP contribution is -2.20. The van der Waals surface area contributed by atoms with Crippen LogP contribution in [0.1, 0.15) is 19.8 Å². The van der Waals surface area contributed by atoms with Gasteiger partial charge in [0.15, 0.2) is 0 Å². The monoisotopic (exact) mass is 130 g/mol. The van der Waals surface area contributed by atoms with E-state index in [2.05, 4.69) is 6.92 Å². The zero-order chi connectivity index (χ0) is 6.69. The highest BCUT2D eigenvalue weighted by Gasteiger charge is 2.16.